The molecule has 0 spiro atoms. The maximum absolute atomic E-state index is 11.5. The molecule has 2 unspecified atom stereocenters. The highest BCUT2D eigenvalue weighted by Gasteiger charge is 2.30. The molecule has 18 heavy (non-hydrogen) atoms. The summed E-state index contributed by atoms with van der Waals surface area (Å²) < 4.78 is 5.57. The molecule has 0 aromatic heterocycles. The molecule has 102 valence electrons. The van der Waals surface area contributed by atoms with E-state index in [-0.39, 0.29) is 24.0 Å². The number of hydrogen-bond donors (Lipinski definition) is 1. The van der Waals surface area contributed by atoms with Gasteiger partial charge >= 0.3 is 0 Å². The zero-order valence-electron chi connectivity index (χ0n) is 10.8. The number of morpholine rings is 1. The van der Waals surface area contributed by atoms with E-state index in [9.17, 15) is 9.59 Å². The Balaban J connectivity index is 1.79. The van der Waals surface area contributed by atoms with Crippen LogP contribution in [0, 0.1) is 0 Å². The summed E-state index contributed by atoms with van der Waals surface area (Å²) in [5.74, 6) is -0.0889. The van der Waals surface area contributed by atoms with Gasteiger partial charge in [-0.15, -0.1) is 0 Å². The van der Waals surface area contributed by atoms with Gasteiger partial charge in [-0.05, 0) is 6.92 Å². The van der Waals surface area contributed by atoms with Crippen molar-refractivity contribution in [1.82, 2.24) is 9.80 Å². The molecule has 0 radical (unpaired) electrons. The predicted octanol–water partition coefficient (Wildman–Crippen LogP) is -0.817. The third kappa shape index (κ3) is 3.07. The van der Waals surface area contributed by atoms with Crippen molar-refractivity contribution in [2.45, 2.75) is 31.9 Å². The zero-order valence-corrected chi connectivity index (χ0v) is 10.8. The van der Waals surface area contributed by atoms with Crippen LogP contribution >= 0.6 is 0 Å². The molecule has 0 aromatic carbocycles. The van der Waals surface area contributed by atoms with Crippen LogP contribution in [0.5, 0.6) is 0 Å². The highest BCUT2D eigenvalue weighted by Crippen LogP contribution is 2.12. The van der Waals surface area contributed by atoms with E-state index in [1.165, 1.54) is 4.90 Å². The summed E-state index contributed by atoms with van der Waals surface area (Å²) in [7, 11) is 0. The fourth-order valence-electron chi connectivity index (χ4n) is 2.37. The summed E-state index contributed by atoms with van der Waals surface area (Å²) in [6.45, 7) is 5.40. The monoisotopic (exact) mass is 255 g/mol. The molecule has 2 aliphatic rings. The first kappa shape index (κ1) is 13.5. The lowest BCUT2D eigenvalue weighted by Gasteiger charge is -2.35. The van der Waals surface area contributed by atoms with Gasteiger partial charge in [0.15, 0.2) is 0 Å². The highest BCUT2D eigenvalue weighted by molar-refractivity contribution is 6.01. The van der Waals surface area contributed by atoms with Crippen LogP contribution in [0.1, 0.15) is 19.8 Å². The number of carbonyl (C=O) groups is 2. The predicted molar refractivity (Wildman–Crippen MR) is 65.8 cm³/mol. The van der Waals surface area contributed by atoms with Crippen molar-refractivity contribution in [3.63, 3.8) is 0 Å². The maximum Gasteiger partial charge on any atom is 0.229 e. The number of nitrogens with two attached hydrogens (primary N) is 1. The number of rotatable bonds is 4. The van der Waals surface area contributed by atoms with Crippen molar-refractivity contribution in [1.29, 1.82) is 0 Å². The number of amides is 2. The van der Waals surface area contributed by atoms with E-state index in [1.54, 1.807) is 0 Å². The lowest BCUT2D eigenvalue weighted by molar-refractivity contribution is -0.138. The van der Waals surface area contributed by atoms with Crippen molar-refractivity contribution < 1.29 is 14.3 Å². The van der Waals surface area contributed by atoms with E-state index < -0.39 is 0 Å². The van der Waals surface area contributed by atoms with Crippen molar-refractivity contribution in [2.75, 3.05) is 32.8 Å². The Labute approximate surface area is 107 Å². The first-order valence-electron chi connectivity index (χ1n) is 6.50. The second kappa shape index (κ2) is 5.77. The topological polar surface area (TPSA) is 75.9 Å². The molecule has 0 saturated carbocycles. The van der Waals surface area contributed by atoms with E-state index in [0.29, 0.717) is 32.5 Å². The van der Waals surface area contributed by atoms with Gasteiger partial charge in [0.05, 0.1) is 12.7 Å². The molecule has 2 fully saturated rings. The largest absolute Gasteiger partial charge is 0.374 e. The van der Waals surface area contributed by atoms with Crippen molar-refractivity contribution in [3.8, 4) is 0 Å². The molecule has 2 saturated heterocycles. The molecule has 6 heteroatoms. The van der Waals surface area contributed by atoms with Crippen LogP contribution < -0.4 is 5.73 Å². The Kier molecular flexibility index (Phi) is 4.31. The molecule has 2 heterocycles. The lowest BCUT2D eigenvalue weighted by Crippen LogP contribution is -2.51. The molecule has 0 aromatic rings. The van der Waals surface area contributed by atoms with Gasteiger partial charge < -0.3 is 10.5 Å². The van der Waals surface area contributed by atoms with E-state index >= 15 is 0 Å². The van der Waals surface area contributed by atoms with Crippen LogP contribution in [0.3, 0.4) is 0 Å². The summed E-state index contributed by atoms with van der Waals surface area (Å²) >= 11 is 0. The van der Waals surface area contributed by atoms with Crippen LogP contribution in [0.2, 0.25) is 0 Å². The van der Waals surface area contributed by atoms with Gasteiger partial charge in [0.1, 0.15) is 0 Å². The minimum Gasteiger partial charge on any atom is -0.374 e. The molecule has 2 aliphatic heterocycles. The van der Waals surface area contributed by atoms with Crippen LogP contribution in [0.25, 0.3) is 0 Å². The summed E-state index contributed by atoms with van der Waals surface area (Å²) in [4.78, 5) is 26.5. The smallest absolute Gasteiger partial charge is 0.229 e. The van der Waals surface area contributed by atoms with Gasteiger partial charge in [0.2, 0.25) is 11.8 Å². The van der Waals surface area contributed by atoms with Gasteiger partial charge in [0.25, 0.3) is 0 Å². The fraction of sp³-hybridized carbons (Fsp3) is 0.833. The van der Waals surface area contributed by atoms with Gasteiger partial charge in [-0.1, -0.05) is 0 Å². The van der Waals surface area contributed by atoms with Gasteiger partial charge in [0, 0.05) is 45.1 Å². The van der Waals surface area contributed by atoms with E-state index in [1.807, 2.05) is 6.92 Å². The summed E-state index contributed by atoms with van der Waals surface area (Å²) in [5, 5.41) is 0. The van der Waals surface area contributed by atoms with Gasteiger partial charge in [-0.2, -0.15) is 0 Å². The molecule has 6 nitrogen and oxygen atoms in total. The number of carbonyl (C=O) groups excluding carboxylic acids is 2. The Bertz CT molecular complexity index is 317. The average Bonchev–Trinajstić information content (AvgIpc) is 2.67. The molecular weight excluding hydrogens is 234 g/mol. The Morgan fingerprint density at radius 3 is 2.61 bits per heavy atom. The zero-order chi connectivity index (χ0) is 13.1. The summed E-state index contributed by atoms with van der Waals surface area (Å²) in [6.07, 6.45) is 0.776. The molecule has 2 rings (SSSR count). The van der Waals surface area contributed by atoms with Crippen molar-refractivity contribution in [3.05, 3.63) is 0 Å². The Morgan fingerprint density at radius 2 is 2.00 bits per heavy atom. The minimum atomic E-state index is -0.0444. The van der Waals surface area contributed by atoms with Crippen molar-refractivity contribution >= 4 is 11.8 Å². The Hall–Kier alpha value is -0.980. The number of likely N-dealkylation sites (tertiary alicyclic amines) is 1. The minimum absolute atomic E-state index is 0.00264. The van der Waals surface area contributed by atoms with E-state index in [0.717, 1.165) is 13.1 Å². The summed E-state index contributed by atoms with van der Waals surface area (Å²) in [5.41, 5.74) is 5.82. The highest BCUT2D eigenvalue weighted by atomic mass is 16.5. The van der Waals surface area contributed by atoms with Gasteiger partial charge in [-0.3, -0.25) is 19.4 Å². The normalized spacial score (nSPS) is 27.9. The van der Waals surface area contributed by atoms with Crippen LogP contribution in [0.4, 0.5) is 0 Å². The van der Waals surface area contributed by atoms with E-state index in [2.05, 4.69) is 4.90 Å². The molecule has 2 atom stereocenters. The maximum atomic E-state index is 11.5. The number of hydrogen-bond acceptors (Lipinski definition) is 5. The van der Waals surface area contributed by atoms with Gasteiger partial charge in [-0.25, -0.2) is 0 Å². The second-order valence-corrected chi connectivity index (χ2v) is 5.01. The van der Waals surface area contributed by atoms with Crippen LogP contribution in [-0.2, 0) is 14.3 Å². The average molecular weight is 255 g/mol. The Morgan fingerprint density at radius 1 is 1.33 bits per heavy atom. The van der Waals surface area contributed by atoms with E-state index in [4.69, 9.17) is 10.5 Å². The van der Waals surface area contributed by atoms with Crippen LogP contribution in [-0.4, -0.2) is 66.5 Å². The molecule has 0 bridgehead atoms. The van der Waals surface area contributed by atoms with Crippen LogP contribution in [0.15, 0.2) is 0 Å². The second-order valence-electron chi connectivity index (χ2n) is 5.01. The third-order valence-corrected chi connectivity index (χ3v) is 3.56. The summed E-state index contributed by atoms with van der Waals surface area (Å²) in [6, 6.07) is 0.00264. The first-order valence-corrected chi connectivity index (χ1v) is 6.50. The fourth-order valence-corrected chi connectivity index (χ4v) is 2.37. The standard InChI is InChI=1S/C12H21N3O3/c1-9(13)10-8-14(6-7-18-10)4-5-15-11(16)2-3-12(15)17/h9-10H,2-8,13H2,1H3. The molecular formula is C12H21N3O3. The quantitative estimate of drug-likeness (QED) is 0.665. The third-order valence-electron chi connectivity index (χ3n) is 3.56. The number of imide groups is 1. The lowest BCUT2D eigenvalue weighted by atomic mass is 10.1. The molecule has 2 N–H and O–H groups in total. The molecule has 2 amide bonds. The number of ether oxygens (including phenoxy) is 1. The first-order chi connectivity index (χ1) is 8.58. The number of nitrogens with zero attached hydrogens (tertiary/aromatic N) is 2. The SMILES string of the molecule is CC(N)C1CN(CCN2C(=O)CCC2=O)CCO1. The molecule has 0 aliphatic carbocycles. The van der Waals surface area contributed by atoms with Crippen molar-refractivity contribution in [2.24, 2.45) is 5.73 Å².